The number of aliphatic hydroxyl groups is 1. The molecule has 0 fully saturated rings. The quantitative estimate of drug-likeness (QED) is 0.572. The summed E-state index contributed by atoms with van der Waals surface area (Å²) >= 11 is 11.5. The van der Waals surface area contributed by atoms with Crippen molar-refractivity contribution in [3.63, 3.8) is 0 Å². The van der Waals surface area contributed by atoms with Crippen molar-refractivity contribution in [1.82, 2.24) is 9.97 Å². The zero-order chi connectivity index (χ0) is 14.3. The fourth-order valence-electron chi connectivity index (χ4n) is 1.59. The molecule has 1 aromatic rings. The lowest BCUT2D eigenvalue weighted by Gasteiger charge is -2.19. The topological polar surface area (TPSA) is 70.4 Å². The SMILES string of the molecule is C=NCCCC(C)C(O)CNc1ncc(Cl)nc1Cl. The third-order valence-corrected chi connectivity index (χ3v) is 3.26. The van der Waals surface area contributed by atoms with Crippen LogP contribution in [-0.4, -0.2) is 41.0 Å². The molecule has 19 heavy (non-hydrogen) atoms. The van der Waals surface area contributed by atoms with Crippen molar-refractivity contribution in [1.29, 1.82) is 0 Å². The summed E-state index contributed by atoms with van der Waals surface area (Å²) in [5, 5.41) is 13.4. The summed E-state index contributed by atoms with van der Waals surface area (Å²) in [7, 11) is 0. The van der Waals surface area contributed by atoms with Gasteiger partial charge in [0, 0.05) is 13.1 Å². The molecule has 0 aromatic carbocycles. The number of rotatable bonds is 8. The van der Waals surface area contributed by atoms with Crippen LogP contribution >= 0.6 is 23.2 Å². The molecule has 0 aliphatic rings. The van der Waals surface area contributed by atoms with Crippen LogP contribution in [0.5, 0.6) is 0 Å². The molecule has 0 saturated carbocycles. The van der Waals surface area contributed by atoms with Crippen molar-refractivity contribution in [3.05, 3.63) is 16.5 Å². The maximum absolute atomic E-state index is 10.00. The summed E-state index contributed by atoms with van der Waals surface area (Å²) in [5.74, 6) is 0.582. The van der Waals surface area contributed by atoms with Crippen LogP contribution in [0.2, 0.25) is 10.3 Å². The molecule has 0 amide bonds. The van der Waals surface area contributed by atoms with Gasteiger partial charge in [-0.1, -0.05) is 30.1 Å². The molecular formula is C12H18Cl2N4O. The van der Waals surface area contributed by atoms with E-state index in [1.54, 1.807) is 0 Å². The van der Waals surface area contributed by atoms with Crippen LogP contribution in [0.4, 0.5) is 5.82 Å². The number of hydrogen-bond acceptors (Lipinski definition) is 5. The van der Waals surface area contributed by atoms with Crippen molar-refractivity contribution in [2.75, 3.05) is 18.4 Å². The highest BCUT2D eigenvalue weighted by molar-refractivity contribution is 6.33. The zero-order valence-corrected chi connectivity index (χ0v) is 12.3. The van der Waals surface area contributed by atoms with E-state index in [1.807, 2.05) is 6.92 Å². The zero-order valence-electron chi connectivity index (χ0n) is 10.8. The second-order valence-electron chi connectivity index (χ2n) is 4.35. The van der Waals surface area contributed by atoms with E-state index < -0.39 is 6.10 Å². The lowest BCUT2D eigenvalue weighted by atomic mass is 9.99. The molecule has 1 rings (SSSR count). The Labute approximate surface area is 123 Å². The van der Waals surface area contributed by atoms with E-state index in [-0.39, 0.29) is 16.2 Å². The van der Waals surface area contributed by atoms with Crippen LogP contribution in [-0.2, 0) is 0 Å². The van der Waals surface area contributed by atoms with Crippen molar-refractivity contribution in [3.8, 4) is 0 Å². The molecule has 0 saturated heterocycles. The maximum Gasteiger partial charge on any atom is 0.173 e. The molecule has 2 N–H and O–H groups in total. The van der Waals surface area contributed by atoms with Crippen LogP contribution < -0.4 is 5.32 Å². The molecule has 0 radical (unpaired) electrons. The first-order valence-corrected chi connectivity index (χ1v) is 6.82. The number of anilines is 1. The Morgan fingerprint density at radius 1 is 1.53 bits per heavy atom. The summed E-state index contributed by atoms with van der Waals surface area (Å²) in [6.07, 6.45) is 2.73. The first-order valence-electron chi connectivity index (χ1n) is 6.07. The van der Waals surface area contributed by atoms with Crippen molar-refractivity contribution >= 4 is 35.7 Å². The first kappa shape index (κ1) is 16.1. The third-order valence-electron chi connectivity index (χ3n) is 2.81. The van der Waals surface area contributed by atoms with Gasteiger partial charge in [-0.25, -0.2) is 9.97 Å². The Hall–Kier alpha value is -0.910. The molecular weight excluding hydrogens is 287 g/mol. The molecule has 0 spiro atoms. The van der Waals surface area contributed by atoms with Gasteiger partial charge in [-0.2, -0.15) is 0 Å². The Morgan fingerprint density at radius 3 is 2.89 bits per heavy atom. The second-order valence-corrected chi connectivity index (χ2v) is 5.09. The number of halogens is 2. The summed E-state index contributed by atoms with van der Waals surface area (Å²) in [6, 6.07) is 0. The van der Waals surface area contributed by atoms with Crippen molar-refractivity contribution in [2.24, 2.45) is 10.9 Å². The molecule has 106 valence electrons. The molecule has 1 heterocycles. The largest absolute Gasteiger partial charge is 0.391 e. The van der Waals surface area contributed by atoms with E-state index in [0.717, 1.165) is 19.4 Å². The first-order chi connectivity index (χ1) is 9.04. The Morgan fingerprint density at radius 2 is 2.26 bits per heavy atom. The summed E-state index contributed by atoms with van der Waals surface area (Å²) in [6.45, 7) is 6.50. The molecule has 7 heteroatoms. The molecule has 0 aliphatic carbocycles. The molecule has 5 nitrogen and oxygen atoms in total. The Bertz CT molecular complexity index is 417. The summed E-state index contributed by atoms with van der Waals surface area (Å²) in [5.41, 5.74) is 0. The van der Waals surface area contributed by atoms with Crippen molar-refractivity contribution in [2.45, 2.75) is 25.9 Å². The molecule has 2 unspecified atom stereocenters. The van der Waals surface area contributed by atoms with Gasteiger partial charge in [-0.15, -0.1) is 0 Å². The number of hydrogen-bond donors (Lipinski definition) is 2. The van der Waals surface area contributed by atoms with Gasteiger partial charge in [0.1, 0.15) is 5.15 Å². The highest BCUT2D eigenvalue weighted by Crippen LogP contribution is 2.19. The van der Waals surface area contributed by atoms with Crippen LogP contribution in [0.15, 0.2) is 11.2 Å². The van der Waals surface area contributed by atoms with E-state index in [4.69, 9.17) is 23.2 Å². The number of aromatic nitrogens is 2. The minimum Gasteiger partial charge on any atom is -0.391 e. The van der Waals surface area contributed by atoms with Gasteiger partial charge in [0.15, 0.2) is 11.0 Å². The Kier molecular flexibility index (Phi) is 7.05. The van der Waals surface area contributed by atoms with E-state index in [9.17, 15) is 5.11 Å². The normalized spacial score (nSPS) is 13.9. The predicted molar refractivity (Wildman–Crippen MR) is 79.4 cm³/mol. The van der Waals surface area contributed by atoms with E-state index in [0.29, 0.717) is 12.4 Å². The number of nitrogens with one attached hydrogen (secondary N) is 1. The monoisotopic (exact) mass is 304 g/mol. The summed E-state index contributed by atoms with van der Waals surface area (Å²) < 4.78 is 0. The fraction of sp³-hybridized carbons (Fsp3) is 0.583. The van der Waals surface area contributed by atoms with Gasteiger partial charge < -0.3 is 15.4 Å². The van der Waals surface area contributed by atoms with E-state index >= 15 is 0 Å². The van der Waals surface area contributed by atoms with Gasteiger partial charge in [0.2, 0.25) is 0 Å². The Balaban J connectivity index is 2.40. The van der Waals surface area contributed by atoms with Crippen LogP contribution in [0.1, 0.15) is 19.8 Å². The number of aliphatic hydroxyl groups excluding tert-OH is 1. The average Bonchev–Trinajstić information content (AvgIpc) is 2.37. The average molecular weight is 305 g/mol. The van der Waals surface area contributed by atoms with Gasteiger partial charge in [-0.05, 0) is 25.5 Å². The number of aliphatic imine (C=N–C) groups is 1. The predicted octanol–water partition coefficient (Wildman–Crippen LogP) is 2.67. The molecule has 2 atom stereocenters. The molecule has 1 aromatic heterocycles. The van der Waals surface area contributed by atoms with Crippen molar-refractivity contribution < 1.29 is 5.11 Å². The van der Waals surface area contributed by atoms with E-state index in [2.05, 4.69) is 27.0 Å². The highest BCUT2D eigenvalue weighted by atomic mass is 35.5. The van der Waals surface area contributed by atoms with E-state index in [1.165, 1.54) is 6.20 Å². The van der Waals surface area contributed by atoms with Gasteiger partial charge in [-0.3, -0.25) is 0 Å². The lowest BCUT2D eigenvalue weighted by Crippen LogP contribution is -2.27. The smallest absolute Gasteiger partial charge is 0.173 e. The second kappa shape index (κ2) is 8.30. The van der Waals surface area contributed by atoms with Crippen LogP contribution in [0.3, 0.4) is 0 Å². The van der Waals surface area contributed by atoms with Crippen LogP contribution in [0.25, 0.3) is 0 Å². The maximum atomic E-state index is 10.00. The number of nitrogens with zero attached hydrogens (tertiary/aromatic N) is 3. The highest BCUT2D eigenvalue weighted by Gasteiger charge is 2.14. The standard InChI is InChI=1S/C12H18Cl2N4O/c1-8(4-3-5-15-2)9(19)6-16-12-11(14)18-10(13)7-17-12/h7-9,19H,2-6H2,1H3,(H,16,17). The molecule has 0 bridgehead atoms. The van der Waals surface area contributed by atoms with Gasteiger partial charge in [0.25, 0.3) is 0 Å². The minimum absolute atomic E-state index is 0.160. The third kappa shape index (κ3) is 5.72. The minimum atomic E-state index is -0.488. The fourth-order valence-corrected chi connectivity index (χ4v) is 1.97. The summed E-state index contributed by atoms with van der Waals surface area (Å²) in [4.78, 5) is 11.7. The van der Waals surface area contributed by atoms with Crippen LogP contribution in [0, 0.1) is 5.92 Å². The van der Waals surface area contributed by atoms with Gasteiger partial charge in [0.05, 0.1) is 12.3 Å². The van der Waals surface area contributed by atoms with Gasteiger partial charge >= 0.3 is 0 Å². The lowest BCUT2D eigenvalue weighted by molar-refractivity contribution is 0.123. The molecule has 0 aliphatic heterocycles.